The van der Waals surface area contributed by atoms with Crippen molar-refractivity contribution in [3.8, 4) is 0 Å². The minimum absolute atomic E-state index is 0.00156. The van der Waals surface area contributed by atoms with E-state index in [0.29, 0.717) is 30.0 Å². The summed E-state index contributed by atoms with van der Waals surface area (Å²) in [6.45, 7) is 8.33. The number of likely N-dealkylation sites (N-methyl/N-ethyl adjacent to an activating group) is 1. The zero-order valence-electron chi connectivity index (χ0n) is 19.3. The first-order valence-corrected chi connectivity index (χ1v) is 10.9. The Morgan fingerprint density at radius 3 is 2.62 bits per heavy atom. The van der Waals surface area contributed by atoms with Crippen LogP contribution in [0.2, 0.25) is 0 Å². The molecule has 0 bridgehead atoms. The minimum atomic E-state index is -0.489. The van der Waals surface area contributed by atoms with E-state index in [1.807, 2.05) is 18.7 Å². The molecule has 1 fully saturated rings. The average Bonchev–Trinajstić information content (AvgIpc) is 3.23. The molecular weight excluding hydrogens is 412 g/mol. The number of nitrogens with one attached hydrogen (secondary N) is 1. The predicted octanol–water partition coefficient (Wildman–Crippen LogP) is 4.46. The number of halogens is 2. The van der Waals surface area contributed by atoms with Gasteiger partial charge in [0.15, 0.2) is 0 Å². The maximum atomic E-state index is 14.3. The molecule has 2 aromatic carbocycles. The molecule has 2 unspecified atom stereocenters. The maximum Gasteiger partial charge on any atom is 0.227 e. The van der Waals surface area contributed by atoms with Crippen molar-refractivity contribution < 1.29 is 18.4 Å². The molecule has 32 heavy (non-hydrogen) atoms. The molecule has 2 atom stereocenters. The van der Waals surface area contributed by atoms with Crippen molar-refractivity contribution in [3.63, 3.8) is 0 Å². The molecular formula is C25H31F2N3O2. The third-order valence-corrected chi connectivity index (χ3v) is 6.49. The van der Waals surface area contributed by atoms with Crippen molar-refractivity contribution in [1.29, 1.82) is 0 Å². The van der Waals surface area contributed by atoms with Crippen LogP contribution in [0.1, 0.15) is 37.0 Å². The van der Waals surface area contributed by atoms with Gasteiger partial charge in [-0.2, -0.15) is 0 Å². The van der Waals surface area contributed by atoms with E-state index in [1.165, 1.54) is 25.1 Å². The van der Waals surface area contributed by atoms with Crippen molar-refractivity contribution >= 4 is 23.2 Å². The second kappa shape index (κ2) is 9.67. The third-order valence-electron chi connectivity index (χ3n) is 6.49. The highest BCUT2D eigenvalue weighted by Crippen LogP contribution is 2.27. The molecule has 2 aromatic rings. The quantitative estimate of drug-likeness (QED) is 0.718. The molecule has 5 nitrogen and oxygen atoms in total. The number of hydrogen-bond acceptors (Lipinski definition) is 3. The number of hydrogen-bond donors (Lipinski definition) is 1. The van der Waals surface area contributed by atoms with Crippen LogP contribution in [-0.4, -0.2) is 42.9 Å². The molecule has 2 amide bonds. The molecule has 0 saturated carbocycles. The molecule has 1 saturated heterocycles. The molecule has 172 valence electrons. The predicted molar refractivity (Wildman–Crippen MR) is 123 cm³/mol. The van der Waals surface area contributed by atoms with E-state index in [0.717, 1.165) is 17.5 Å². The van der Waals surface area contributed by atoms with Gasteiger partial charge in [0.05, 0.1) is 6.04 Å². The molecule has 1 N–H and O–H groups in total. The lowest BCUT2D eigenvalue weighted by Crippen LogP contribution is -2.37. The number of amides is 2. The number of carbonyl (C=O) groups excluding carboxylic acids is 2. The van der Waals surface area contributed by atoms with E-state index in [2.05, 4.69) is 5.32 Å². The monoisotopic (exact) mass is 443 g/mol. The van der Waals surface area contributed by atoms with E-state index in [-0.39, 0.29) is 30.1 Å². The van der Waals surface area contributed by atoms with Gasteiger partial charge in [0.1, 0.15) is 11.6 Å². The SMILES string of the molecule is CC(=O)N(C)C1CCN(c2cc(F)cc(NC(=O)C(C)Cc3c(F)ccc(C)c3C)c2)C1. The van der Waals surface area contributed by atoms with Gasteiger partial charge < -0.3 is 15.1 Å². The van der Waals surface area contributed by atoms with Crippen molar-refractivity contribution in [2.24, 2.45) is 5.92 Å². The number of nitrogens with zero attached hydrogens (tertiary/aromatic N) is 2. The van der Waals surface area contributed by atoms with E-state index < -0.39 is 11.7 Å². The molecule has 0 aromatic heterocycles. The fourth-order valence-corrected chi connectivity index (χ4v) is 4.13. The number of carbonyl (C=O) groups is 2. The third kappa shape index (κ3) is 5.26. The Morgan fingerprint density at radius 2 is 1.94 bits per heavy atom. The molecule has 1 heterocycles. The Morgan fingerprint density at radius 1 is 1.22 bits per heavy atom. The number of anilines is 2. The first-order valence-electron chi connectivity index (χ1n) is 10.9. The smallest absolute Gasteiger partial charge is 0.227 e. The summed E-state index contributed by atoms with van der Waals surface area (Å²) in [6, 6.07) is 7.67. The normalized spacial score (nSPS) is 16.7. The summed E-state index contributed by atoms with van der Waals surface area (Å²) >= 11 is 0. The van der Waals surface area contributed by atoms with Gasteiger partial charge in [0.2, 0.25) is 11.8 Å². The van der Waals surface area contributed by atoms with Crippen LogP contribution in [0.4, 0.5) is 20.2 Å². The van der Waals surface area contributed by atoms with Gasteiger partial charge in [-0.05, 0) is 67.6 Å². The van der Waals surface area contributed by atoms with Crippen molar-refractivity contribution in [2.45, 2.75) is 46.6 Å². The lowest BCUT2D eigenvalue weighted by atomic mass is 9.94. The first kappa shape index (κ1) is 23.7. The molecule has 3 rings (SSSR count). The molecule has 0 radical (unpaired) electrons. The molecule has 0 aliphatic carbocycles. The highest BCUT2D eigenvalue weighted by Gasteiger charge is 2.28. The standard InChI is InChI=1S/C25H31F2N3O2/c1-15-6-7-24(27)23(17(15)3)10-16(2)25(32)28-20-11-19(26)12-22(13-20)30-9-8-21(14-30)29(5)18(4)31/h6-7,11-13,16,21H,8-10,14H2,1-5H3,(H,28,32). The van der Waals surface area contributed by atoms with Crippen LogP contribution in [0.15, 0.2) is 30.3 Å². The van der Waals surface area contributed by atoms with Gasteiger partial charge in [-0.25, -0.2) is 8.78 Å². The van der Waals surface area contributed by atoms with Gasteiger partial charge in [-0.3, -0.25) is 9.59 Å². The van der Waals surface area contributed by atoms with Crippen LogP contribution in [-0.2, 0) is 16.0 Å². The van der Waals surface area contributed by atoms with Crippen LogP contribution in [0.25, 0.3) is 0 Å². The van der Waals surface area contributed by atoms with Gasteiger partial charge >= 0.3 is 0 Å². The molecule has 1 aliphatic rings. The van der Waals surface area contributed by atoms with Crippen LogP contribution in [0, 0.1) is 31.4 Å². The van der Waals surface area contributed by atoms with Gasteiger partial charge in [0, 0.05) is 44.4 Å². The largest absolute Gasteiger partial charge is 0.369 e. The van der Waals surface area contributed by atoms with Crippen LogP contribution >= 0.6 is 0 Å². The van der Waals surface area contributed by atoms with Crippen LogP contribution in [0.3, 0.4) is 0 Å². The Bertz CT molecular complexity index is 1020. The summed E-state index contributed by atoms with van der Waals surface area (Å²) in [6.07, 6.45) is 1.06. The lowest BCUT2D eigenvalue weighted by molar-refractivity contribution is -0.129. The molecule has 7 heteroatoms. The number of aryl methyl sites for hydroxylation is 1. The van der Waals surface area contributed by atoms with E-state index in [9.17, 15) is 18.4 Å². The van der Waals surface area contributed by atoms with Crippen molar-refractivity contribution in [2.75, 3.05) is 30.4 Å². The van der Waals surface area contributed by atoms with Crippen LogP contribution < -0.4 is 10.2 Å². The highest BCUT2D eigenvalue weighted by atomic mass is 19.1. The summed E-state index contributed by atoms with van der Waals surface area (Å²) < 4.78 is 28.6. The van der Waals surface area contributed by atoms with Gasteiger partial charge in [-0.15, -0.1) is 0 Å². The number of benzene rings is 2. The Kier molecular flexibility index (Phi) is 7.16. The van der Waals surface area contributed by atoms with Crippen molar-refractivity contribution in [1.82, 2.24) is 4.90 Å². The summed E-state index contributed by atoms with van der Waals surface area (Å²) in [4.78, 5) is 28.1. The second-order valence-corrected chi connectivity index (χ2v) is 8.78. The zero-order valence-corrected chi connectivity index (χ0v) is 19.3. The fraction of sp³-hybridized carbons (Fsp3) is 0.440. The molecule has 1 aliphatic heterocycles. The summed E-state index contributed by atoms with van der Waals surface area (Å²) in [7, 11) is 1.77. The van der Waals surface area contributed by atoms with E-state index in [1.54, 1.807) is 31.0 Å². The van der Waals surface area contributed by atoms with E-state index >= 15 is 0 Å². The Balaban J connectivity index is 1.70. The Labute approximate surface area is 188 Å². The summed E-state index contributed by atoms with van der Waals surface area (Å²) in [5.74, 6) is -1.55. The average molecular weight is 444 g/mol. The summed E-state index contributed by atoms with van der Waals surface area (Å²) in [5, 5.41) is 2.78. The minimum Gasteiger partial charge on any atom is -0.369 e. The lowest BCUT2D eigenvalue weighted by Gasteiger charge is -2.24. The second-order valence-electron chi connectivity index (χ2n) is 8.78. The number of rotatable bonds is 6. The van der Waals surface area contributed by atoms with Gasteiger partial charge in [0.25, 0.3) is 0 Å². The highest BCUT2D eigenvalue weighted by molar-refractivity contribution is 5.93. The molecule has 0 spiro atoms. The Hall–Kier alpha value is -2.96. The van der Waals surface area contributed by atoms with Crippen LogP contribution in [0.5, 0.6) is 0 Å². The van der Waals surface area contributed by atoms with Gasteiger partial charge in [-0.1, -0.05) is 13.0 Å². The fourth-order valence-electron chi connectivity index (χ4n) is 4.13. The van der Waals surface area contributed by atoms with Crippen molar-refractivity contribution in [3.05, 3.63) is 58.7 Å². The van der Waals surface area contributed by atoms with E-state index in [4.69, 9.17) is 0 Å². The maximum absolute atomic E-state index is 14.3. The zero-order chi connectivity index (χ0) is 23.6. The topological polar surface area (TPSA) is 52.7 Å². The summed E-state index contributed by atoms with van der Waals surface area (Å²) in [5.41, 5.74) is 3.37. The first-order chi connectivity index (χ1) is 15.1.